The van der Waals surface area contributed by atoms with Crippen molar-refractivity contribution >= 4 is 11.6 Å². The Balaban J connectivity index is 1.67. The Bertz CT molecular complexity index is 1000. The van der Waals surface area contributed by atoms with Gasteiger partial charge in [0.1, 0.15) is 11.4 Å². The van der Waals surface area contributed by atoms with Gasteiger partial charge in [0.15, 0.2) is 0 Å². The summed E-state index contributed by atoms with van der Waals surface area (Å²) < 4.78 is 39.8. The van der Waals surface area contributed by atoms with Gasteiger partial charge >= 0.3 is 6.18 Å². The third kappa shape index (κ3) is 3.23. The molecule has 2 N–H and O–H groups in total. The van der Waals surface area contributed by atoms with E-state index in [0.29, 0.717) is 17.9 Å². The van der Waals surface area contributed by atoms with Crippen LogP contribution < -0.4 is 5.32 Å². The number of alkyl halides is 3. The van der Waals surface area contributed by atoms with E-state index in [1.165, 1.54) is 0 Å². The Morgan fingerprint density at radius 2 is 2.04 bits per heavy atom. The van der Waals surface area contributed by atoms with Gasteiger partial charge in [0.2, 0.25) is 0 Å². The first-order chi connectivity index (χ1) is 12.8. The van der Waals surface area contributed by atoms with Crippen LogP contribution in [0.5, 0.6) is 0 Å². The molecule has 142 valence electrons. The molecule has 4 rings (SSSR count). The van der Waals surface area contributed by atoms with E-state index in [-0.39, 0.29) is 12.3 Å². The number of nitrogens with zero attached hydrogens (tertiary/aromatic N) is 4. The van der Waals surface area contributed by atoms with Crippen molar-refractivity contribution < 1.29 is 18.3 Å². The van der Waals surface area contributed by atoms with Crippen LogP contribution in [0, 0.1) is 6.92 Å². The highest BCUT2D eigenvalue weighted by atomic mass is 19.4. The first-order valence-corrected chi connectivity index (χ1v) is 8.62. The van der Waals surface area contributed by atoms with Crippen LogP contribution in [-0.4, -0.2) is 31.2 Å². The van der Waals surface area contributed by atoms with Crippen molar-refractivity contribution in [3.63, 3.8) is 0 Å². The fraction of sp³-hybridized carbons (Fsp3) is 0.389. The molecule has 1 aliphatic carbocycles. The Morgan fingerprint density at radius 1 is 1.26 bits per heavy atom. The first kappa shape index (κ1) is 17.7. The Morgan fingerprint density at radius 3 is 2.81 bits per heavy atom. The summed E-state index contributed by atoms with van der Waals surface area (Å²) in [6.07, 6.45) is -2.36. The normalized spacial score (nSPS) is 19.9. The molecule has 1 aliphatic rings. The van der Waals surface area contributed by atoms with E-state index in [1.54, 1.807) is 13.0 Å². The number of halogens is 3. The molecule has 0 radical (unpaired) electrons. The van der Waals surface area contributed by atoms with E-state index in [4.69, 9.17) is 0 Å². The summed E-state index contributed by atoms with van der Waals surface area (Å²) in [5.74, 6) is -1.08. The van der Waals surface area contributed by atoms with Gasteiger partial charge < -0.3 is 10.4 Å². The van der Waals surface area contributed by atoms with Crippen LogP contribution in [0.3, 0.4) is 0 Å². The van der Waals surface area contributed by atoms with Gasteiger partial charge in [0, 0.05) is 18.3 Å². The van der Waals surface area contributed by atoms with E-state index < -0.39 is 17.6 Å². The molecular weight excluding hydrogens is 359 g/mol. The molecule has 1 aromatic carbocycles. The lowest BCUT2D eigenvalue weighted by Crippen LogP contribution is -2.38. The summed E-state index contributed by atoms with van der Waals surface area (Å²) in [5.41, 5.74) is 1.33. The lowest BCUT2D eigenvalue weighted by Gasteiger charge is -2.35. The summed E-state index contributed by atoms with van der Waals surface area (Å²) in [5, 5.41) is 17.7. The Hall–Kier alpha value is -2.68. The van der Waals surface area contributed by atoms with Gasteiger partial charge in [-0.15, -0.1) is 5.10 Å². The number of nitrogens with one attached hydrogen (secondary N) is 1. The zero-order valence-electron chi connectivity index (χ0n) is 14.6. The fourth-order valence-corrected chi connectivity index (χ4v) is 3.55. The Labute approximate surface area is 153 Å². The van der Waals surface area contributed by atoms with Crippen LogP contribution in [0.15, 0.2) is 30.3 Å². The molecule has 1 unspecified atom stereocenters. The molecule has 0 fully saturated rings. The molecule has 0 bridgehead atoms. The SMILES string of the molecule is Cc1cc(NCC2(O)CCCc3ccccc32)n2nc(C(F)(F)F)nc2n1. The minimum atomic E-state index is -4.65. The van der Waals surface area contributed by atoms with Gasteiger partial charge in [0.25, 0.3) is 11.6 Å². The molecule has 27 heavy (non-hydrogen) atoms. The molecule has 6 nitrogen and oxygen atoms in total. The second kappa shape index (κ2) is 6.19. The van der Waals surface area contributed by atoms with Crippen LogP contribution >= 0.6 is 0 Å². The number of anilines is 1. The van der Waals surface area contributed by atoms with Crippen LogP contribution in [0.25, 0.3) is 5.78 Å². The summed E-state index contributed by atoms with van der Waals surface area (Å²) in [4.78, 5) is 7.47. The maximum absolute atomic E-state index is 12.9. The smallest absolute Gasteiger partial charge is 0.383 e. The molecule has 3 aromatic rings. The summed E-state index contributed by atoms with van der Waals surface area (Å²) in [6, 6.07) is 9.26. The zero-order chi connectivity index (χ0) is 19.2. The second-order valence-electron chi connectivity index (χ2n) is 6.82. The number of aliphatic hydroxyl groups is 1. The average molecular weight is 377 g/mol. The zero-order valence-corrected chi connectivity index (χ0v) is 14.6. The number of benzene rings is 1. The van der Waals surface area contributed by atoms with E-state index in [2.05, 4.69) is 20.4 Å². The molecule has 0 amide bonds. The van der Waals surface area contributed by atoms with Gasteiger partial charge in [-0.3, -0.25) is 0 Å². The number of hydrogen-bond donors (Lipinski definition) is 2. The lowest BCUT2D eigenvalue weighted by atomic mass is 9.79. The highest BCUT2D eigenvalue weighted by Gasteiger charge is 2.37. The van der Waals surface area contributed by atoms with Crippen LogP contribution in [0.2, 0.25) is 0 Å². The maximum Gasteiger partial charge on any atom is 0.453 e. The van der Waals surface area contributed by atoms with Crippen LogP contribution in [-0.2, 0) is 18.2 Å². The van der Waals surface area contributed by atoms with Gasteiger partial charge in [-0.2, -0.15) is 22.7 Å². The van der Waals surface area contributed by atoms with Crippen molar-refractivity contribution in [2.24, 2.45) is 0 Å². The van der Waals surface area contributed by atoms with E-state index >= 15 is 0 Å². The predicted molar refractivity (Wildman–Crippen MR) is 92.3 cm³/mol. The summed E-state index contributed by atoms with van der Waals surface area (Å²) in [7, 11) is 0. The summed E-state index contributed by atoms with van der Waals surface area (Å²) in [6.45, 7) is 1.81. The molecule has 2 heterocycles. The number of fused-ring (bicyclic) bond motifs is 2. The van der Waals surface area contributed by atoms with Crippen molar-refractivity contribution in [3.05, 3.63) is 53.0 Å². The number of aryl methyl sites for hydroxylation is 2. The fourth-order valence-electron chi connectivity index (χ4n) is 3.55. The van der Waals surface area contributed by atoms with E-state index in [0.717, 1.165) is 28.5 Å². The average Bonchev–Trinajstić information content (AvgIpc) is 3.05. The first-order valence-electron chi connectivity index (χ1n) is 8.62. The molecule has 0 saturated heterocycles. The standard InChI is InChI=1S/C18H18F3N5O/c1-11-9-14(26-16(23-11)24-15(25-26)18(19,20)21)22-10-17(27)8-4-6-12-5-2-3-7-13(12)17/h2-3,5,7,9,22,27H,4,6,8,10H2,1H3. The van der Waals surface area contributed by atoms with Gasteiger partial charge in [0.05, 0.1) is 0 Å². The van der Waals surface area contributed by atoms with Gasteiger partial charge in [-0.25, -0.2) is 4.98 Å². The van der Waals surface area contributed by atoms with Crippen molar-refractivity contribution in [1.29, 1.82) is 0 Å². The molecule has 2 aromatic heterocycles. The number of hydrogen-bond acceptors (Lipinski definition) is 5. The highest BCUT2D eigenvalue weighted by Crippen LogP contribution is 2.35. The quantitative estimate of drug-likeness (QED) is 0.734. The minimum absolute atomic E-state index is 0.138. The molecule has 0 spiro atoms. The maximum atomic E-state index is 12.9. The van der Waals surface area contributed by atoms with E-state index in [1.807, 2.05) is 24.3 Å². The minimum Gasteiger partial charge on any atom is -0.383 e. The third-order valence-corrected chi connectivity index (χ3v) is 4.81. The third-order valence-electron chi connectivity index (χ3n) is 4.81. The second-order valence-corrected chi connectivity index (χ2v) is 6.82. The molecular formula is C18H18F3N5O. The lowest BCUT2D eigenvalue weighted by molar-refractivity contribution is -0.144. The topological polar surface area (TPSA) is 75.3 Å². The molecule has 1 atom stereocenters. The van der Waals surface area contributed by atoms with Crippen molar-refractivity contribution in [3.8, 4) is 0 Å². The largest absolute Gasteiger partial charge is 0.453 e. The van der Waals surface area contributed by atoms with Gasteiger partial charge in [-0.05, 0) is 37.3 Å². The van der Waals surface area contributed by atoms with Crippen LogP contribution in [0.1, 0.15) is 35.5 Å². The predicted octanol–water partition coefficient (Wildman–Crippen LogP) is 3.09. The van der Waals surface area contributed by atoms with Gasteiger partial charge in [-0.1, -0.05) is 24.3 Å². The number of aromatic nitrogens is 4. The van der Waals surface area contributed by atoms with Crippen molar-refractivity contribution in [2.45, 2.75) is 38.0 Å². The highest BCUT2D eigenvalue weighted by molar-refractivity contribution is 5.46. The molecule has 0 aliphatic heterocycles. The molecule has 0 saturated carbocycles. The number of rotatable bonds is 3. The van der Waals surface area contributed by atoms with Crippen LogP contribution in [0.4, 0.5) is 19.0 Å². The van der Waals surface area contributed by atoms with Crippen molar-refractivity contribution in [2.75, 3.05) is 11.9 Å². The van der Waals surface area contributed by atoms with Crippen molar-refractivity contribution in [1.82, 2.24) is 19.6 Å². The summed E-state index contributed by atoms with van der Waals surface area (Å²) >= 11 is 0. The molecule has 9 heteroatoms. The Kier molecular flexibility index (Phi) is 4.06. The monoisotopic (exact) mass is 377 g/mol. The van der Waals surface area contributed by atoms with E-state index in [9.17, 15) is 18.3 Å².